The number of rotatable bonds is 3. The average molecular weight is 264 g/mol. The number of aromatic nitrogens is 1. The number of halogens is 1. The maximum atomic E-state index is 11.2. The van der Waals surface area contributed by atoms with Gasteiger partial charge in [0.2, 0.25) is 5.88 Å². The summed E-state index contributed by atoms with van der Waals surface area (Å²) in [5.74, 6) is 0.577. The van der Waals surface area contributed by atoms with Crippen molar-refractivity contribution in [1.29, 1.82) is 0 Å². The van der Waals surface area contributed by atoms with Crippen LogP contribution in [0.3, 0.4) is 0 Å². The van der Waals surface area contributed by atoms with Crippen LogP contribution in [0.25, 0.3) is 0 Å². The molecule has 0 unspecified atom stereocenters. The summed E-state index contributed by atoms with van der Waals surface area (Å²) in [6.45, 7) is 0. The lowest BCUT2D eigenvalue weighted by Crippen LogP contribution is -2.00. The quantitative estimate of drug-likeness (QED) is 0.797. The minimum atomic E-state index is -0.387. The summed E-state index contributed by atoms with van der Waals surface area (Å²) in [5.41, 5.74) is 0.462. The summed E-state index contributed by atoms with van der Waals surface area (Å²) in [6.07, 6.45) is 1.56. The lowest BCUT2D eigenvalue weighted by atomic mass is 10.2. The van der Waals surface area contributed by atoms with Gasteiger partial charge < -0.3 is 9.47 Å². The minimum absolute atomic E-state index is 0.387. The molecule has 1 heterocycles. The van der Waals surface area contributed by atoms with Gasteiger partial charge in [0.1, 0.15) is 5.75 Å². The molecule has 0 radical (unpaired) electrons. The van der Waals surface area contributed by atoms with E-state index in [2.05, 4.69) is 9.72 Å². The summed E-state index contributed by atoms with van der Waals surface area (Å²) in [4.78, 5) is 15.2. The Morgan fingerprint density at radius 3 is 2.56 bits per heavy atom. The lowest BCUT2D eigenvalue weighted by Gasteiger charge is -2.05. The SMILES string of the molecule is COC(=O)c1ccc(Oc2cc(Cl)ccn2)cc1. The summed E-state index contributed by atoms with van der Waals surface area (Å²) in [5, 5.41) is 0.547. The van der Waals surface area contributed by atoms with Gasteiger partial charge in [-0.2, -0.15) is 0 Å². The summed E-state index contributed by atoms with van der Waals surface area (Å²) < 4.78 is 10.1. The first-order chi connectivity index (χ1) is 8.69. The normalized spacial score (nSPS) is 9.89. The Kier molecular flexibility index (Phi) is 3.79. The van der Waals surface area contributed by atoms with E-state index in [9.17, 15) is 4.79 Å². The number of carbonyl (C=O) groups is 1. The van der Waals surface area contributed by atoms with E-state index in [4.69, 9.17) is 16.3 Å². The Hall–Kier alpha value is -2.07. The summed E-state index contributed by atoms with van der Waals surface area (Å²) in [6, 6.07) is 9.83. The number of carbonyl (C=O) groups excluding carboxylic acids is 1. The molecule has 0 spiro atoms. The molecule has 1 aromatic heterocycles. The molecule has 0 aliphatic rings. The zero-order valence-electron chi connectivity index (χ0n) is 9.59. The summed E-state index contributed by atoms with van der Waals surface area (Å²) in [7, 11) is 1.34. The van der Waals surface area contributed by atoms with Gasteiger partial charge in [-0.15, -0.1) is 0 Å². The molecule has 1 aromatic carbocycles. The fourth-order valence-corrected chi connectivity index (χ4v) is 1.49. The maximum absolute atomic E-state index is 11.2. The van der Waals surface area contributed by atoms with Gasteiger partial charge in [-0.1, -0.05) is 11.6 Å². The standard InChI is InChI=1S/C13H10ClNO3/c1-17-13(16)9-2-4-11(5-3-9)18-12-8-10(14)6-7-15-12/h2-8H,1H3. The lowest BCUT2D eigenvalue weighted by molar-refractivity contribution is 0.0600. The highest BCUT2D eigenvalue weighted by atomic mass is 35.5. The number of ether oxygens (including phenoxy) is 2. The molecule has 0 saturated heterocycles. The number of hydrogen-bond donors (Lipinski definition) is 0. The fraction of sp³-hybridized carbons (Fsp3) is 0.0769. The Bertz CT molecular complexity index is 554. The van der Waals surface area contributed by atoms with Gasteiger partial charge in [-0.05, 0) is 30.3 Å². The van der Waals surface area contributed by atoms with E-state index in [1.807, 2.05) is 0 Å². The van der Waals surface area contributed by atoms with Crippen molar-refractivity contribution in [2.75, 3.05) is 7.11 Å². The van der Waals surface area contributed by atoms with Crippen molar-refractivity contribution in [2.45, 2.75) is 0 Å². The Labute approximate surface area is 109 Å². The molecular formula is C13H10ClNO3. The van der Waals surface area contributed by atoms with Crippen LogP contribution in [-0.2, 0) is 4.74 Å². The van der Waals surface area contributed by atoms with Crippen molar-refractivity contribution >= 4 is 17.6 Å². The fourth-order valence-electron chi connectivity index (χ4n) is 1.34. The molecule has 4 nitrogen and oxygen atoms in total. The van der Waals surface area contributed by atoms with Crippen LogP contribution in [0.1, 0.15) is 10.4 Å². The molecule has 0 bridgehead atoms. The highest BCUT2D eigenvalue weighted by Gasteiger charge is 2.05. The van der Waals surface area contributed by atoms with E-state index in [1.54, 1.807) is 42.6 Å². The van der Waals surface area contributed by atoms with E-state index in [-0.39, 0.29) is 5.97 Å². The predicted octanol–water partition coefficient (Wildman–Crippen LogP) is 3.31. The highest BCUT2D eigenvalue weighted by Crippen LogP contribution is 2.22. The van der Waals surface area contributed by atoms with Gasteiger partial charge in [0.05, 0.1) is 12.7 Å². The highest BCUT2D eigenvalue weighted by molar-refractivity contribution is 6.30. The molecule has 18 heavy (non-hydrogen) atoms. The van der Waals surface area contributed by atoms with E-state index < -0.39 is 0 Å². The average Bonchev–Trinajstić information content (AvgIpc) is 2.39. The number of esters is 1. The van der Waals surface area contributed by atoms with Crippen molar-refractivity contribution in [3.05, 3.63) is 53.2 Å². The minimum Gasteiger partial charge on any atom is -0.465 e. The van der Waals surface area contributed by atoms with Crippen LogP contribution in [-0.4, -0.2) is 18.1 Å². The Balaban J connectivity index is 2.13. The van der Waals surface area contributed by atoms with Crippen molar-refractivity contribution in [2.24, 2.45) is 0 Å². The second kappa shape index (κ2) is 5.51. The zero-order valence-corrected chi connectivity index (χ0v) is 10.3. The van der Waals surface area contributed by atoms with Gasteiger partial charge in [0.15, 0.2) is 0 Å². The number of hydrogen-bond acceptors (Lipinski definition) is 4. The number of pyridine rings is 1. The summed E-state index contributed by atoms with van der Waals surface area (Å²) >= 11 is 5.82. The molecule has 0 N–H and O–H groups in total. The molecular weight excluding hydrogens is 254 g/mol. The third kappa shape index (κ3) is 2.99. The second-order valence-corrected chi connectivity index (χ2v) is 3.87. The van der Waals surface area contributed by atoms with Gasteiger partial charge in [0.25, 0.3) is 0 Å². The topological polar surface area (TPSA) is 48.4 Å². The van der Waals surface area contributed by atoms with Crippen LogP contribution in [0.2, 0.25) is 5.02 Å². The van der Waals surface area contributed by atoms with Crippen LogP contribution in [0.15, 0.2) is 42.6 Å². The van der Waals surface area contributed by atoms with Crippen LogP contribution in [0, 0.1) is 0 Å². The number of methoxy groups -OCH3 is 1. The molecule has 0 aliphatic heterocycles. The molecule has 0 aliphatic carbocycles. The third-order valence-electron chi connectivity index (χ3n) is 2.19. The monoisotopic (exact) mass is 263 g/mol. The second-order valence-electron chi connectivity index (χ2n) is 3.43. The Morgan fingerprint density at radius 2 is 1.94 bits per heavy atom. The zero-order chi connectivity index (χ0) is 13.0. The van der Waals surface area contributed by atoms with Gasteiger partial charge >= 0.3 is 5.97 Å². The third-order valence-corrected chi connectivity index (χ3v) is 2.43. The van der Waals surface area contributed by atoms with Crippen LogP contribution < -0.4 is 4.74 Å². The van der Waals surface area contributed by atoms with Crippen molar-refractivity contribution in [3.63, 3.8) is 0 Å². The van der Waals surface area contributed by atoms with E-state index in [1.165, 1.54) is 7.11 Å². The first-order valence-corrected chi connectivity index (χ1v) is 5.54. The van der Waals surface area contributed by atoms with Crippen molar-refractivity contribution in [1.82, 2.24) is 4.98 Å². The predicted molar refractivity (Wildman–Crippen MR) is 67.1 cm³/mol. The Morgan fingerprint density at radius 1 is 1.22 bits per heavy atom. The smallest absolute Gasteiger partial charge is 0.337 e. The molecule has 2 aromatic rings. The van der Waals surface area contributed by atoms with Gasteiger partial charge in [0, 0.05) is 17.3 Å². The van der Waals surface area contributed by atoms with Crippen molar-refractivity contribution < 1.29 is 14.3 Å². The largest absolute Gasteiger partial charge is 0.465 e. The number of nitrogens with zero attached hydrogens (tertiary/aromatic N) is 1. The van der Waals surface area contributed by atoms with Gasteiger partial charge in [-0.3, -0.25) is 0 Å². The molecule has 5 heteroatoms. The van der Waals surface area contributed by atoms with Crippen LogP contribution in [0.4, 0.5) is 0 Å². The number of benzene rings is 1. The molecule has 0 atom stereocenters. The molecule has 92 valence electrons. The molecule has 0 saturated carbocycles. The first kappa shape index (κ1) is 12.4. The van der Waals surface area contributed by atoms with Crippen LogP contribution >= 0.6 is 11.6 Å². The van der Waals surface area contributed by atoms with E-state index in [0.29, 0.717) is 22.2 Å². The van der Waals surface area contributed by atoms with Crippen molar-refractivity contribution in [3.8, 4) is 11.6 Å². The molecule has 0 fully saturated rings. The van der Waals surface area contributed by atoms with Crippen LogP contribution in [0.5, 0.6) is 11.6 Å². The van der Waals surface area contributed by atoms with E-state index >= 15 is 0 Å². The molecule has 2 rings (SSSR count). The van der Waals surface area contributed by atoms with E-state index in [0.717, 1.165) is 0 Å². The van der Waals surface area contributed by atoms with Gasteiger partial charge in [-0.25, -0.2) is 9.78 Å². The first-order valence-electron chi connectivity index (χ1n) is 5.17. The molecule has 0 amide bonds. The maximum Gasteiger partial charge on any atom is 0.337 e.